The minimum Gasteiger partial charge on any atom is -0.394 e. The maximum atomic E-state index is 12.5. The van der Waals surface area contributed by atoms with Gasteiger partial charge in [0.2, 0.25) is 5.91 Å². The molecule has 0 atom stereocenters. The highest BCUT2D eigenvalue weighted by Crippen LogP contribution is 2.36. The van der Waals surface area contributed by atoms with Crippen LogP contribution in [0, 0.1) is 5.41 Å². The van der Waals surface area contributed by atoms with Crippen molar-refractivity contribution in [2.45, 2.75) is 57.4 Å². The van der Waals surface area contributed by atoms with Gasteiger partial charge < -0.3 is 15.2 Å². The second-order valence-electron chi connectivity index (χ2n) is 6.13. The van der Waals surface area contributed by atoms with E-state index in [-0.39, 0.29) is 17.9 Å². The summed E-state index contributed by atoms with van der Waals surface area (Å²) in [6.45, 7) is 3.32. The summed E-state index contributed by atoms with van der Waals surface area (Å²) in [7, 11) is 0. The number of hydrogen-bond acceptors (Lipinski definition) is 3. The third-order valence-electron chi connectivity index (χ3n) is 4.64. The van der Waals surface area contributed by atoms with E-state index < -0.39 is 5.54 Å². The number of hydrogen-bond donors (Lipinski definition) is 2. The summed E-state index contributed by atoms with van der Waals surface area (Å²) < 4.78 is 5.32. The maximum Gasteiger partial charge on any atom is 0.226 e. The van der Waals surface area contributed by atoms with Crippen molar-refractivity contribution in [3.63, 3.8) is 0 Å². The molecule has 1 saturated heterocycles. The number of aliphatic hydroxyl groups is 1. The van der Waals surface area contributed by atoms with Crippen LogP contribution in [0.3, 0.4) is 0 Å². The highest BCUT2D eigenvalue weighted by atomic mass is 16.5. The third kappa shape index (κ3) is 2.86. The molecule has 0 aromatic rings. The van der Waals surface area contributed by atoms with Crippen molar-refractivity contribution < 1.29 is 14.6 Å². The molecule has 4 heteroatoms. The zero-order valence-electron chi connectivity index (χ0n) is 11.3. The van der Waals surface area contributed by atoms with Gasteiger partial charge in [-0.15, -0.1) is 0 Å². The standard InChI is InChI=1S/C14H25NO3/c1-13(5-3-2-4-6-13)12(17)15-14(11-16)7-9-18-10-8-14/h16H,2-11H2,1H3,(H,15,17). The highest BCUT2D eigenvalue weighted by molar-refractivity contribution is 5.83. The Morgan fingerprint density at radius 2 is 1.78 bits per heavy atom. The molecule has 1 aliphatic carbocycles. The Morgan fingerprint density at radius 1 is 1.17 bits per heavy atom. The second-order valence-corrected chi connectivity index (χ2v) is 6.13. The Morgan fingerprint density at radius 3 is 2.33 bits per heavy atom. The minimum atomic E-state index is -0.449. The van der Waals surface area contributed by atoms with Gasteiger partial charge in [-0.05, 0) is 25.7 Å². The average Bonchev–Trinajstić information content (AvgIpc) is 2.40. The largest absolute Gasteiger partial charge is 0.394 e. The minimum absolute atomic E-state index is 0.0121. The van der Waals surface area contributed by atoms with Crippen molar-refractivity contribution >= 4 is 5.91 Å². The van der Waals surface area contributed by atoms with Crippen LogP contribution in [-0.4, -0.2) is 36.4 Å². The zero-order chi connectivity index (χ0) is 13.1. The molecule has 1 aliphatic heterocycles. The van der Waals surface area contributed by atoms with Crippen LogP contribution in [0.1, 0.15) is 51.9 Å². The number of nitrogens with one attached hydrogen (secondary N) is 1. The molecule has 104 valence electrons. The third-order valence-corrected chi connectivity index (χ3v) is 4.64. The summed E-state index contributed by atoms with van der Waals surface area (Å²) in [6.07, 6.45) is 6.88. The topological polar surface area (TPSA) is 58.6 Å². The van der Waals surface area contributed by atoms with Gasteiger partial charge >= 0.3 is 0 Å². The quantitative estimate of drug-likeness (QED) is 0.805. The monoisotopic (exact) mass is 255 g/mol. The van der Waals surface area contributed by atoms with Crippen molar-refractivity contribution in [3.05, 3.63) is 0 Å². The lowest BCUT2D eigenvalue weighted by Gasteiger charge is -2.40. The summed E-state index contributed by atoms with van der Waals surface area (Å²) in [5, 5.41) is 12.7. The molecule has 0 radical (unpaired) electrons. The van der Waals surface area contributed by atoms with Gasteiger partial charge in [0.05, 0.1) is 12.1 Å². The second kappa shape index (κ2) is 5.57. The molecular weight excluding hydrogens is 230 g/mol. The summed E-state index contributed by atoms with van der Waals surface area (Å²) >= 11 is 0. The molecule has 0 aromatic carbocycles. The molecule has 0 aromatic heterocycles. The summed E-state index contributed by atoms with van der Waals surface area (Å²) in [6, 6.07) is 0. The number of amides is 1. The van der Waals surface area contributed by atoms with Crippen molar-refractivity contribution in [1.82, 2.24) is 5.32 Å². The molecule has 18 heavy (non-hydrogen) atoms. The van der Waals surface area contributed by atoms with Crippen LogP contribution < -0.4 is 5.32 Å². The van der Waals surface area contributed by atoms with Gasteiger partial charge in [0, 0.05) is 18.6 Å². The number of aliphatic hydroxyl groups excluding tert-OH is 1. The van der Waals surface area contributed by atoms with E-state index in [4.69, 9.17) is 4.74 Å². The lowest BCUT2D eigenvalue weighted by molar-refractivity contribution is -0.136. The van der Waals surface area contributed by atoms with Crippen LogP contribution in [0.4, 0.5) is 0 Å². The Kier molecular flexibility index (Phi) is 4.28. The molecule has 1 heterocycles. The van der Waals surface area contributed by atoms with Crippen LogP contribution in [0.15, 0.2) is 0 Å². The molecule has 1 saturated carbocycles. The van der Waals surface area contributed by atoms with Crippen molar-refractivity contribution in [3.8, 4) is 0 Å². The van der Waals surface area contributed by atoms with Gasteiger partial charge in [0.15, 0.2) is 0 Å². The summed E-state index contributed by atoms with van der Waals surface area (Å²) in [5.41, 5.74) is -0.686. The van der Waals surface area contributed by atoms with Crippen LogP contribution in [0.25, 0.3) is 0 Å². The summed E-state index contributed by atoms with van der Waals surface area (Å²) in [4.78, 5) is 12.5. The first-order valence-electron chi connectivity index (χ1n) is 7.12. The Bertz CT molecular complexity index is 291. The Labute approximate surface area is 109 Å². The van der Waals surface area contributed by atoms with Gasteiger partial charge in [-0.2, -0.15) is 0 Å². The van der Waals surface area contributed by atoms with Gasteiger partial charge in [-0.3, -0.25) is 4.79 Å². The van der Waals surface area contributed by atoms with Crippen LogP contribution in [-0.2, 0) is 9.53 Å². The van der Waals surface area contributed by atoms with E-state index in [1.54, 1.807) is 0 Å². The van der Waals surface area contributed by atoms with E-state index in [9.17, 15) is 9.90 Å². The smallest absolute Gasteiger partial charge is 0.226 e. The van der Waals surface area contributed by atoms with E-state index in [1.165, 1.54) is 6.42 Å². The molecule has 1 amide bonds. The molecule has 0 spiro atoms. The molecule has 2 rings (SSSR count). The SMILES string of the molecule is CC1(C(=O)NC2(CO)CCOCC2)CCCCC1. The van der Waals surface area contributed by atoms with Crippen molar-refractivity contribution in [1.29, 1.82) is 0 Å². The van der Waals surface area contributed by atoms with Crippen LogP contribution in [0.2, 0.25) is 0 Å². The molecule has 4 nitrogen and oxygen atoms in total. The molecular formula is C14H25NO3. The summed E-state index contributed by atoms with van der Waals surface area (Å²) in [5.74, 6) is 0.123. The number of carbonyl (C=O) groups is 1. The Hall–Kier alpha value is -0.610. The number of carbonyl (C=O) groups excluding carboxylic acids is 1. The predicted molar refractivity (Wildman–Crippen MR) is 69.2 cm³/mol. The van der Waals surface area contributed by atoms with Crippen molar-refractivity contribution in [2.24, 2.45) is 5.41 Å². The fourth-order valence-electron chi connectivity index (χ4n) is 3.04. The van der Waals surface area contributed by atoms with E-state index in [2.05, 4.69) is 12.2 Å². The molecule has 0 unspecified atom stereocenters. The number of rotatable bonds is 3. The fourth-order valence-corrected chi connectivity index (χ4v) is 3.04. The van der Waals surface area contributed by atoms with E-state index in [1.807, 2.05) is 0 Å². The maximum absolute atomic E-state index is 12.5. The average molecular weight is 255 g/mol. The van der Waals surface area contributed by atoms with Gasteiger partial charge in [-0.1, -0.05) is 26.2 Å². The first-order chi connectivity index (χ1) is 8.60. The zero-order valence-corrected chi connectivity index (χ0v) is 11.3. The van der Waals surface area contributed by atoms with Crippen LogP contribution in [0.5, 0.6) is 0 Å². The van der Waals surface area contributed by atoms with Crippen LogP contribution >= 0.6 is 0 Å². The fraction of sp³-hybridized carbons (Fsp3) is 0.929. The van der Waals surface area contributed by atoms with Crippen molar-refractivity contribution in [2.75, 3.05) is 19.8 Å². The Balaban J connectivity index is 2.00. The van der Waals surface area contributed by atoms with E-state index in [0.717, 1.165) is 25.7 Å². The highest BCUT2D eigenvalue weighted by Gasteiger charge is 2.40. The molecule has 2 N–H and O–H groups in total. The van der Waals surface area contributed by atoms with Gasteiger partial charge in [-0.25, -0.2) is 0 Å². The number of ether oxygens (including phenoxy) is 1. The lowest BCUT2D eigenvalue weighted by Crippen LogP contribution is -2.58. The van der Waals surface area contributed by atoms with E-state index >= 15 is 0 Å². The first kappa shape index (κ1) is 13.8. The predicted octanol–water partition coefficient (Wildman–Crippen LogP) is 1.61. The van der Waals surface area contributed by atoms with Gasteiger partial charge in [0.1, 0.15) is 0 Å². The molecule has 2 aliphatic rings. The first-order valence-corrected chi connectivity index (χ1v) is 7.12. The molecule has 0 bridgehead atoms. The van der Waals surface area contributed by atoms with Gasteiger partial charge in [0.25, 0.3) is 0 Å². The normalized spacial score (nSPS) is 26.6. The molecule has 2 fully saturated rings. The van der Waals surface area contributed by atoms with E-state index in [0.29, 0.717) is 26.1 Å². The lowest BCUT2D eigenvalue weighted by atomic mass is 9.74.